The van der Waals surface area contributed by atoms with E-state index in [1.54, 1.807) is 0 Å². The first kappa shape index (κ1) is 15.6. The molecule has 3 aliphatic rings. The van der Waals surface area contributed by atoms with E-state index in [4.69, 9.17) is 4.74 Å². The highest BCUT2D eigenvalue weighted by molar-refractivity contribution is 5.85. The van der Waals surface area contributed by atoms with Gasteiger partial charge in [-0.25, -0.2) is 0 Å². The maximum atomic E-state index is 12.8. The molecule has 1 atom stereocenters. The largest absolute Gasteiger partial charge is 0.368 e. The average Bonchev–Trinajstić information content (AvgIpc) is 3.11. The van der Waals surface area contributed by atoms with Crippen molar-refractivity contribution in [2.24, 2.45) is 5.41 Å². The van der Waals surface area contributed by atoms with Crippen LogP contribution >= 0.6 is 0 Å². The van der Waals surface area contributed by atoms with Crippen LogP contribution in [-0.4, -0.2) is 42.5 Å². The second-order valence-electron chi connectivity index (χ2n) is 7.24. The van der Waals surface area contributed by atoms with Gasteiger partial charge in [0.15, 0.2) is 0 Å². The summed E-state index contributed by atoms with van der Waals surface area (Å²) >= 11 is 0. The van der Waals surface area contributed by atoms with Crippen LogP contribution in [0.25, 0.3) is 0 Å². The lowest BCUT2D eigenvalue weighted by atomic mass is 9.73. The van der Waals surface area contributed by atoms with Crippen molar-refractivity contribution in [3.8, 4) is 0 Å². The summed E-state index contributed by atoms with van der Waals surface area (Å²) in [7, 11) is 0. The Bertz CT molecular complexity index is 644. The zero-order valence-corrected chi connectivity index (χ0v) is 13.9. The number of benzene rings is 1. The number of carbonyl (C=O) groups is 2. The molecule has 3 heterocycles. The molecule has 0 aliphatic carbocycles. The monoisotopic (exact) mass is 328 g/mol. The highest BCUT2D eigenvalue weighted by Crippen LogP contribution is 2.38. The van der Waals surface area contributed by atoms with Gasteiger partial charge in [0.2, 0.25) is 5.91 Å². The average molecular weight is 328 g/mol. The molecule has 1 aromatic rings. The Kier molecular flexibility index (Phi) is 4.04. The van der Waals surface area contributed by atoms with E-state index in [-0.39, 0.29) is 23.3 Å². The van der Waals surface area contributed by atoms with Gasteiger partial charge in [-0.05, 0) is 43.2 Å². The van der Waals surface area contributed by atoms with Gasteiger partial charge in [0, 0.05) is 26.2 Å². The molecule has 128 valence electrons. The van der Waals surface area contributed by atoms with Crippen LogP contribution < -0.4 is 5.32 Å². The molecule has 1 spiro atoms. The third kappa shape index (κ3) is 2.71. The fourth-order valence-electron chi connectivity index (χ4n) is 4.25. The van der Waals surface area contributed by atoms with Gasteiger partial charge in [-0.3, -0.25) is 9.59 Å². The van der Waals surface area contributed by atoms with Crippen molar-refractivity contribution in [1.29, 1.82) is 0 Å². The van der Waals surface area contributed by atoms with Gasteiger partial charge < -0.3 is 15.0 Å². The van der Waals surface area contributed by atoms with Crippen molar-refractivity contribution >= 4 is 11.8 Å². The summed E-state index contributed by atoms with van der Waals surface area (Å²) in [6.45, 7) is 2.59. The Labute approximate surface area is 142 Å². The molecule has 4 rings (SSSR count). The van der Waals surface area contributed by atoms with Crippen LogP contribution in [0.1, 0.15) is 36.8 Å². The van der Waals surface area contributed by atoms with Gasteiger partial charge in [0.05, 0.1) is 5.41 Å². The third-order valence-electron chi connectivity index (χ3n) is 5.81. The number of amides is 2. The molecule has 5 nitrogen and oxygen atoms in total. The van der Waals surface area contributed by atoms with E-state index in [9.17, 15) is 9.59 Å². The van der Waals surface area contributed by atoms with Crippen LogP contribution in [0.4, 0.5) is 0 Å². The highest BCUT2D eigenvalue weighted by atomic mass is 16.5. The van der Waals surface area contributed by atoms with Crippen LogP contribution in [0.15, 0.2) is 24.3 Å². The molecule has 24 heavy (non-hydrogen) atoms. The molecule has 0 saturated carbocycles. The van der Waals surface area contributed by atoms with Crippen LogP contribution in [0.5, 0.6) is 0 Å². The Morgan fingerprint density at radius 3 is 2.67 bits per heavy atom. The zero-order valence-electron chi connectivity index (χ0n) is 13.9. The maximum Gasteiger partial charge on any atom is 0.251 e. The maximum absolute atomic E-state index is 12.8. The van der Waals surface area contributed by atoms with E-state index < -0.39 is 0 Å². The van der Waals surface area contributed by atoms with Crippen molar-refractivity contribution in [3.63, 3.8) is 0 Å². The second kappa shape index (κ2) is 6.20. The highest BCUT2D eigenvalue weighted by Gasteiger charge is 2.44. The second-order valence-corrected chi connectivity index (χ2v) is 7.24. The summed E-state index contributed by atoms with van der Waals surface area (Å²) in [5, 5.41) is 3.09. The summed E-state index contributed by atoms with van der Waals surface area (Å²) in [6.07, 6.45) is 3.76. The molecule has 3 aliphatic heterocycles. The number of hydrogen-bond acceptors (Lipinski definition) is 3. The lowest BCUT2D eigenvalue weighted by Crippen LogP contribution is -2.52. The summed E-state index contributed by atoms with van der Waals surface area (Å²) in [5.74, 6) is 0.250. The molecule has 2 amide bonds. The quantitative estimate of drug-likeness (QED) is 0.853. The molecule has 2 fully saturated rings. The molecule has 1 aromatic carbocycles. The van der Waals surface area contributed by atoms with Crippen LogP contribution in [-0.2, 0) is 27.3 Å². The smallest absolute Gasteiger partial charge is 0.251 e. The van der Waals surface area contributed by atoms with Gasteiger partial charge in [-0.2, -0.15) is 0 Å². The Balaban J connectivity index is 1.48. The van der Waals surface area contributed by atoms with E-state index >= 15 is 0 Å². The predicted molar refractivity (Wildman–Crippen MR) is 89.2 cm³/mol. The van der Waals surface area contributed by atoms with Crippen molar-refractivity contribution < 1.29 is 14.3 Å². The topological polar surface area (TPSA) is 58.6 Å². The van der Waals surface area contributed by atoms with Gasteiger partial charge in [-0.1, -0.05) is 24.3 Å². The minimum absolute atomic E-state index is 0.108. The van der Waals surface area contributed by atoms with E-state index in [1.165, 1.54) is 11.1 Å². The Morgan fingerprint density at radius 1 is 1.21 bits per heavy atom. The van der Waals surface area contributed by atoms with Crippen LogP contribution in [0.3, 0.4) is 0 Å². The summed E-state index contributed by atoms with van der Waals surface area (Å²) in [6, 6.07) is 8.27. The van der Waals surface area contributed by atoms with Gasteiger partial charge in [0.25, 0.3) is 5.91 Å². The molecule has 0 radical (unpaired) electrons. The van der Waals surface area contributed by atoms with E-state index in [0.29, 0.717) is 26.2 Å². The first-order valence-electron chi connectivity index (χ1n) is 8.93. The molecule has 5 heteroatoms. The number of ether oxygens (including phenoxy) is 1. The van der Waals surface area contributed by atoms with Gasteiger partial charge in [0.1, 0.15) is 6.10 Å². The molecule has 1 N–H and O–H groups in total. The van der Waals surface area contributed by atoms with E-state index in [2.05, 4.69) is 17.4 Å². The molecule has 0 aromatic heterocycles. The number of rotatable bonds is 1. The first-order chi connectivity index (χ1) is 11.7. The summed E-state index contributed by atoms with van der Waals surface area (Å²) in [5.41, 5.74) is 2.09. The van der Waals surface area contributed by atoms with Gasteiger partial charge >= 0.3 is 0 Å². The molecular weight excluding hydrogens is 304 g/mol. The van der Waals surface area contributed by atoms with Crippen LogP contribution in [0.2, 0.25) is 0 Å². The lowest BCUT2D eigenvalue weighted by Gasteiger charge is -2.40. The summed E-state index contributed by atoms with van der Waals surface area (Å²) < 4.78 is 5.52. The normalized spacial score (nSPS) is 25.9. The fourth-order valence-corrected chi connectivity index (χ4v) is 4.25. The third-order valence-corrected chi connectivity index (χ3v) is 5.81. The Hall–Kier alpha value is -1.88. The zero-order chi connectivity index (χ0) is 16.6. The number of hydrogen-bond donors (Lipinski definition) is 1. The standard InChI is InChI=1S/C19H24N2O3/c22-17(16-6-3-11-24-16)21-9-7-19(8-10-21)12-14-4-1-2-5-15(14)13-20-18(19)23/h1-2,4-5,16H,3,6-13H2,(H,20,23)/t16-/m1/s1. The molecule has 0 bridgehead atoms. The van der Waals surface area contributed by atoms with Crippen LogP contribution in [0, 0.1) is 5.41 Å². The van der Waals surface area contributed by atoms with Crippen molar-refractivity contribution in [2.45, 2.75) is 44.8 Å². The van der Waals surface area contributed by atoms with Crippen molar-refractivity contribution in [2.75, 3.05) is 19.7 Å². The number of piperidine rings is 1. The lowest BCUT2D eigenvalue weighted by molar-refractivity contribution is -0.146. The predicted octanol–water partition coefficient (Wildman–Crippen LogP) is 1.65. The number of nitrogens with zero attached hydrogens (tertiary/aromatic N) is 1. The van der Waals surface area contributed by atoms with E-state index in [0.717, 1.165) is 32.1 Å². The minimum atomic E-state index is -0.375. The van der Waals surface area contributed by atoms with Gasteiger partial charge in [-0.15, -0.1) is 0 Å². The number of likely N-dealkylation sites (tertiary alicyclic amines) is 1. The van der Waals surface area contributed by atoms with E-state index in [1.807, 2.05) is 17.0 Å². The molecule has 0 unspecified atom stereocenters. The van der Waals surface area contributed by atoms with Crippen molar-refractivity contribution in [3.05, 3.63) is 35.4 Å². The minimum Gasteiger partial charge on any atom is -0.368 e. The fraction of sp³-hybridized carbons (Fsp3) is 0.579. The summed E-state index contributed by atoms with van der Waals surface area (Å²) in [4.78, 5) is 27.2. The SMILES string of the molecule is O=C([C@H]1CCCO1)N1CCC2(CC1)Cc1ccccc1CNC2=O. The number of nitrogens with one attached hydrogen (secondary N) is 1. The molecule has 2 saturated heterocycles. The molecular formula is C19H24N2O3. The number of fused-ring (bicyclic) bond motifs is 1. The number of carbonyl (C=O) groups excluding carboxylic acids is 2. The Morgan fingerprint density at radius 2 is 1.96 bits per heavy atom. The first-order valence-corrected chi connectivity index (χ1v) is 8.93. The van der Waals surface area contributed by atoms with Crippen molar-refractivity contribution in [1.82, 2.24) is 10.2 Å².